The summed E-state index contributed by atoms with van der Waals surface area (Å²) in [7, 11) is 0. The van der Waals surface area contributed by atoms with Crippen LogP contribution >= 0.6 is 0 Å². The molecule has 0 aliphatic carbocycles. The van der Waals surface area contributed by atoms with E-state index in [1.165, 1.54) is 20.8 Å². The summed E-state index contributed by atoms with van der Waals surface area (Å²) < 4.78 is 1.89. The number of carboxylic acid groups (broad SMARTS) is 6. The van der Waals surface area contributed by atoms with Crippen LogP contribution in [0.4, 0.5) is 57.7 Å². The normalized spacial score (nSPS) is 11.3. The summed E-state index contributed by atoms with van der Waals surface area (Å²) in [6.07, 6.45) is -0.134. The van der Waals surface area contributed by atoms with Crippen LogP contribution in [0.1, 0.15) is 103 Å². The van der Waals surface area contributed by atoms with E-state index < -0.39 is 181 Å². The van der Waals surface area contributed by atoms with Gasteiger partial charge in [-0.15, -0.1) is 30.7 Å². The second kappa shape index (κ2) is 27.1. The summed E-state index contributed by atoms with van der Waals surface area (Å²) in [6.45, 7) is 11.0. The maximum atomic E-state index is 13.9. The van der Waals surface area contributed by atoms with Gasteiger partial charge in [0.2, 0.25) is 29.5 Å². The van der Waals surface area contributed by atoms with Crippen molar-refractivity contribution in [2.45, 2.75) is 47.2 Å². The minimum atomic E-state index is -1.54. The minimum absolute atomic E-state index is 0.134. The Hall–Kier alpha value is -13.7. The van der Waals surface area contributed by atoms with Gasteiger partial charge < -0.3 is 56.6 Å². The first-order valence-corrected chi connectivity index (χ1v) is 25.6. The highest BCUT2D eigenvalue weighted by atomic mass is 16.4. The Balaban J connectivity index is 1.27. The topological polar surface area (TPSA) is 552 Å². The number of aromatic hydroxyl groups is 3. The quantitative estimate of drug-likeness (QED) is 0.0104. The zero-order valence-electron chi connectivity index (χ0n) is 47.1. The summed E-state index contributed by atoms with van der Waals surface area (Å²) in [5, 5.41) is 141. The summed E-state index contributed by atoms with van der Waals surface area (Å²) in [4.78, 5) is 132. The highest BCUT2D eigenvalue weighted by Gasteiger charge is 2.26. The summed E-state index contributed by atoms with van der Waals surface area (Å²) in [5.74, 6) is -13.5. The molecule has 0 spiro atoms. The number of pyridine rings is 3. The van der Waals surface area contributed by atoms with Gasteiger partial charge in [-0.25, -0.2) is 38.2 Å². The molecule has 0 aliphatic rings. The van der Waals surface area contributed by atoms with Crippen LogP contribution in [0.2, 0.25) is 0 Å². The van der Waals surface area contributed by atoms with Crippen LogP contribution in [0.3, 0.4) is 0 Å². The molecule has 0 amide bonds. The fraction of sp³-hybridized carbons (Fsp3) is 0.164. The van der Waals surface area contributed by atoms with Gasteiger partial charge >= 0.3 is 35.8 Å². The molecule has 0 atom stereocenters. The number of benzene rings is 3. The predicted molar refractivity (Wildman–Crippen MR) is 310 cm³/mol. The van der Waals surface area contributed by atoms with Gasteiger partial charge in [0.05, 0.1) is 40.0 Å². The van der Waals surface area contributed by atoms with Gasteiger partial charge in [-0.1, -0.05) is 0 Å². The van der Waals surface area contributed by atoms with Gasteiger partial charge in [-0.05, 0) is 94.3 Å². The van der Waals surface area contributed by atoms with Crippen molar-refractivity contribution in [2.75, 3.05) is 23.7 Å². The Bertz CT molecular complexity index is 4750. The van der Waals surface area contributed by atoms with E-state index in [9.17, 15) is 99.6 Å². The number of aliphatic imine (C=N–C) groups is 1. The number of rotatable bonds is 22. The number of carbonyl (C=O) groups is 6. The molecule has 7 rings (SSSR count). The molecule has 0 bridgehead atoms. The monoisotopic (exact) mass is 1240 g/mol. The predicted octanol–water partition coefficient (Wildman–Crippen LogP) is 7.34. The summed E-state index contributed by atoms with van der Waals surface area (Å²) in [6, 6.07) is 11.9. The molecule has 460 valence electrons. The summed E-state index contributed by atoms with van der Waals surface area (Å²) in [5.41, 5.74) is -11.2. The fourth-order valence-electron chi connectivity index (χ4n) is 8.41. The van der Waals surface area contributed by atoms with Crippen molar-refractivity contribution in [3.05, 3.63) is 158 Å². The van der Waals surface area contributed by atoms with Crippen molar-refractivity contribution in [3.8, 4) is 29.8 Å². The summed E-state index contributed by atoms with van der Waals surface area (Å²) >= 11 is 0. The van der Waals surface area contributed by atoms with E-state index in [1.54, 1.807) is 12.1 Å². The molecular weight excluding hydrogens is 1200 g/mol. The van der Waals surface area contributed by atoms with E-state index in [2.05, 4.69) is 66.1 Å². The first kappa shape index (κ1) is 64.8. The number of carboxylic acids is 6. The average molecular weight is 1240 g/mol. The molecule has 91 heavy (non-hydrogen) atoms. The number of aromatic carboxylic acids is 6. The second-order valence-corrected chi connectivity index (χ2v) is 18.7. The first-order chi connectivity index (χ1) is 43.1. The third-order valence-electron chi connectivity index (χ3n) is 13.1. The Kier molecular flexibility index (Phi) is 19.3. The molecule has 4 heterocycles. The van der Waals surface area contributed by atoms with Crippen LogP contribution < -0.4 is 27.3 Å². The van der Waals surface area contributed by atoms with E-state index in [-0.39, 0.29) is 46.7 Å². The largest absolute Gasteiger partial charge is 0.493 e. The third kappa shape index (κ3) is 13.7. The van der Waals surface area contributed by atoms with E-state index >= 15 is 0 Å². The van der Waals surface area contributed by atoms with Gasteiger partial charge in [0.15, 0.2) is 11.4 Å². The van der Waals surface area contributed by atoms with Crippen molar-refractivity contribution in [1.29, 1.82) is 10.5 Å². The third-order valence-corrected chi connectivity index (χ3v) is 13.1. The smallest absolute Gasteiger partial charge is 0.337 e. The highest BCUT2D eigenvalue weighted by molar-refractivity contribution is 5.99. The van der Waals surface area contributed by atoms with Crippen LogP contribution in [0, 0.1) is 50.0 Å². The van der Waals surface area contributed by atoms with Crippen LogP contribution in [-0.4, -0.2) is 129 Å². The van der Waals surface area contributed by atoms with Crippen molar-refractivity contribution >= 4 is 99.3 Å². The molecule has 0 saturated heterocycles. The number of hydrogen-bond donors (Lipinski definition) is 11. The van der Waals surface area contributed by atoms with Crippen LogP contribution in [0.15, 0.2) is 105 Å². The number of azo groups is 3. The standard InChI is InChI=1S/C55H42N18O18/c1-22-32(20-56)41(74)71(43(76)38(22)68-65-34-17-26(47(80)81)7-10-29(34)50(86)87)15-6-13-59-53-62-54(60-14-16-72-42(75)33(21-57)23(2)39(44(72)77)69-66-35-18-27(48(82)83)8-11-30(35)51(88)89)64-55(63-53)61-25(4)73-45(78)37(58-5)24(3)40(46(73)79)70-67-36-19-28(49(84)85)9-12-31(36)52(90)91/h7-12,17-19,76-77,79H,6,13-16H2,1-4H3,(H,80,81)(H,82,83)(H,84,85)(H,86,87)(H,88,89)(H,90,91)(H2,59,60,62,63,64). The zero-order valence-corrected chi connectivity index (χ0v) is 47.1. The maximum Gasteiger partial charge on any atom is 0.337 e. The molecule has 0 radical (unpaired) electrons. The van der Waals surface area contributed by atoms with Crippen LogP contribution in [0.5, 0.6) is 17.6 Å². The molecule has 0 saturated carbocycles. The molecule has 36 nitrogen and oxygen atoms in total. The lowest BCUT2D eigenvalue weighted by Gasteiger charge is -2.15. The van der Waals surface area contributed by atoms with Gasteiger partial charge in [0, 0.05) is 37.3 Å². The average Bonchev–Trinajstić information content (AvgIpc) is 0.865. The molecule has 0 unspecified atom stereocenters. The van der Waals surface area contributed by atoms with Crippen molar-refractivity contribution < 1.29 is 74.7 Å². The number of hydrogen-bond acceptors (Lipinski definition) is 26. The van der Waals surface area contributed by atoms with E-state index in [1.807, 2.05) is 0 Å². The van der Waals surface area contributed by atoms with Gasteiger partial charge in [0.25, 0.3) is 28.3 Å². The molecular formula is C55H42N18O18. The van der Waals surface area contributed by atoms with Gasteiger partial charge in [-0.3, -0.25) is 23.5 Å². The number of aromatic nitrogens is 6. The van der Waals surface area contributed by atoms with Crippen LogP contribution in [-0.2, 0) is 13.1 Å². The van der Waals surface area contributed by atoms with Crippen LogP contribution in [0.25, 0.3) is 4.85 Å². The first-order valence-electron chi connectivity index (χ1n) is 25.6. The molecule has 4 aromatic heterocycles. The molecule has 3 aromatic carbocycles. The van der Waals surface area contributed by atoms with Crippen molar-refractivity contribution in [2.24, 2.45) is 35.7 Å². The number of anilines is 2. The Morgan fingerprint density at radius 1 is 0.538 bits per heavy atom. The lowest BCUT2D eigenvalue weighted by Crippen LogP contribution is -2.27. The van der Waals surface area contributed by atoms with Crippen molar-refractivity contribution in [3.63, 3.8) is 0 Å². The minimum Gasteiger partial charge on any atom is -0.493 e. The maximum absolute atomic E-state index is 13.9. The Morgan fingerprint density at radius 3 is 1.30 bits per heavy atom. The molecule has 0 fully saturated rings. The molecule has 11 N–H and O–H groups in total. The molecule has 36 heteroatoms. The lowest BCUT2D eigenvalue weighted by atomic mass is 10.1. The van der Waals surface area contributed by atoms with E-state index in [0.29, 0.717) is 9.13 Å². The highest BCUT2D eigenvalue weighted by Crippen LogP contribution is 2.38. The molecule has 0 aliphatic heterocycles. The zero-order chi connectivity index (χ0) is 66.9. The Labute approximate surface area is 506 Å². The molecule has 7 aromatic rings. The second-order valence-electron chi connectivity index (χ2n) is 18.7. The fourth-order valence-corrected chi connectivity index (χ4v) is 8.41. The van der Waals surface area contributed by atoms with Gasteiger partial charge in [-0.2, -0.15) is 30.5 Å². The van der Waals surface area contributed by atoms with E-state index in [4.69, 9.17) is 6.57 Å². The Morgan fingerprint density at radius 2 is 0.923 bits per heavy atom. The van der Waals surface area contributed by atoms with Gasteiger partial charge in [0.1, 0.15) is 51.9 Å². The number of nitrogens with one attached hydrogen (secondary N) is 2. The number of nitriles is 2. The lowest BCUT2D eigenvalue weighted by molar-refractivity contribution is 0.0682. The van der Waals surface area contributed by atoms with Crippen molar-refractivity contribution in [1.82, 2.24) is 28.7 Å². The SMILES string of the molecule is [C-]#[N+]c1c(C)c(N=Nc2cc(C(=O)O)ccc2C(=O)O)c(O)n(C(C)=Nc2nc(NCCCn3c(O)c(N=Nc4cc(C(=O)O)ccc4C(=O)O)c(C)c(C#N)c3=O)nc(NCCn3c(O)c(N=Nc4cc(C(=O)O)ccc4C(=O)O)c(C)c(C#N)c3=O)n2)c1=O. The number of nitrogens with zero attached hydrogens (tertiary/aromatic N) is 16. The van der Waals surface area contributed by atoms with E-state index in [0.717, 1.165) is 66.1 Å².